The first kappa shape index (κ1) is 39.6. The Labute approximate surface area is 393 Å². The molecule has 4 aliphatic carbocycles. The van der Waals surface area contributed by atoms with Crippen LogP contribution in [0.3, 0.4) is 0 Å². The highest BCUT2D eigenvalue weighted by atomic mass is 14.6. The van der Waals surface area contributed by atoms with Crippen LogP contribution in [0.25, 0.3) is 94.2 Å². The van der Waals surface area contributed by atoms with E-state index in [0.717, 1.165) is 18.4 Å². The quantitative estimate of drug-likeness (QED) is 0.115. The Kier molecular flexibility index (Phi) is 8.93. The molecule has 0 aliphatic heterocycles. The molecule has 4 aliphatic rings. The molecule has 0 heteroatoms. The molecule has 318 valence electrons. The largest absolute Gasteiger partial charge is 0.0984 e. The Balaban J connectivity index is 1.11. The van der Waals surface area contributed by atoms with Crippen LogP contribution >= 0.6 is 0 Å². The molecule has 0 N–H and O–H groups in total. The van der Waals surface area contributed by atoms with Crippen LogP contribution in [0, 0.1) is 11.8 Å². The maximum Gasteiger partial charge on any atom is 0.0700 e. The number of benzene rings is 9. The predicted molar refractivity (Wildman–Crippen MR) is 288 cm³/mol. The standard InChI is InChI=1S/C67H50/c1-5-21-41-40-59(50-25-10-9-23-48(50)44(41)7-3)63-55-30-14-12-28-53(55)62(54-29-13-15-31-56(54)63)43-36-37-46-42(39-43)35-38-58-64-45(8-4)47(22-6-2)49-24-11-16-32-57(49)66(64)67(65(46)58)60-33-19-17-26-51(60)52-27-18-20-34-61(52)67/h5-10,12-23,25-40,49,57H,3-4,11,24H2,1-2H3/b21-5-,22-6-. The zero-order chi connectivity index (χ0) is 45.0. The van der Waals surface area contributed by atoms with Crippen LogP contribution in [0.4, 0.5) is 0 Å². The molecule has 0 saturated carbocycles. The Morgan fingerprint density at radius 2 is 1.15 bits per heavy atom. The van der Waals surface area contributed by atoms with E-state index in [9.17, 15) is 0 Å². The minimum atomic E-state index is -0.462. The third-order valence-electron chi connectivity index (χ3n) is 15.7. The van der Waals surface area contributed by atoms with Crippen molar-refractivity contribution in [3.8, 4) is 33.4 Å². The van der Waals surface area contributed by atoms with Gasteiger partial charge in [0, 0.05) is 5.92 Å². The average molecular weight is 855 g/mol. The van der Waals surface area contributed by atoms with Gasteiger partial charge < -0.3 is 0 Å². The number of allylic oxidation sites excluding steroid dienone is 10. The van der Waals surface area contributed by atoms with Gasteiger partial charge in [0.1, 0.15) is 0 Å². The summed E-state index contributed by atoms with van der Waals surface area (Å²) in [5.74, 6) is 0.643. The normalized spacial score (nSPS) is 17.8. The monoisotopic (exact) mass is 854 g/mol. The van der Waals surface area contributed by atoms with Crippen LogP contribution in [0.15, 0.2) is 224 Å². The van der Waals surface area contributed by atoms with Gasteiger partial charge in [-0.2, -0.15) is 0 Å². The molecule has 0 amide bonds. The molecular weight excluding hydrogens is 805 g/mol. The summed E-state index contributed by atoms with van der Waals surface area (Å²) in [5.41, 5.74) is 20.7. The molecule has 13 rings (SSSR count). The molecule has 0 radical (unpaired) electrons. The summed E-state index contributed by atoms with van der Waals surface area (Å²) in [7, 11) is 0. The minimum Gasteiger partial charge on any atom is -0.0984 e. The fourth-order valence-corrected chi connectivity index (χ4v) is 13.4. The third-order valence-corrected chi connectivity index (χ3v) is 15.7. The summed E-state index contributed by atoms with van der Waals surface area (Å²) in [6.45, 7) is 13.1. The van der Waals surface area contributed by atoms with Crippen LogP contribution in [0.2, 0.25) is 0 Å². The van der Waals surface area contributed by atoms with E-state index in [1.165, 1.54) is 127 Å². The minimum absolute atomic E-state index is 0.259. The van der Waals surface area contributed by atoms with Gasteiger partial charge in [0.05, 0.1) is 5.41 Å². The first-order chi connectivity index (χ1) is 33.1. The molecule has 67 heavy (non-hydrogen) atoms. The fourth-order valence-electron chi connectivity index (χ4n) is 13.4. The summed E-state index contributed by atoms with van der Waals surface area (Å²) in [5, 5.41) is 10.0. The van der Waals surface area contributed by atoms with Crippen LogP contribution in [-0.2, 0) is 5.41 Å². The molecule has 0 aromatic heterocycles. The fraction of sp³-hybridized carbons (Fsp3) is 0.104. The molecule has 0 saturated heterocycles. The molecule has 2 atom stereocenters. The van der Waals surface area contributed by atoms with Gasteiger partial charge in [0.2, 0.25) is 0 Å². The molecule has 2 unspecified atom stereocenters. The number of rotatable bonds is 6. The highest BCUT2D eigenvalue weighted by molar-refractivity contribution is 6.24. The summed E-state index contributed by atoms with van der Waals surface area (Å²) in [6.07, 6.45) is 20.4. The molecule has 9 aromatic rings. The van der Waals surface area contributed by atoms with E-state index < -0.39 is 5.41 Å². The Morgan fingerprint density at radius 3 is 1.79 bits per heavy atom. The van der Waals surface area contributed by atoms with Gasteiger partial charge in [-0.3, -0.25) is 0 Å². The van der Waals surface area contributed by atoms with E-state index in [-0.39, 0.29) is 5.92 Å². The maximum atomic E-state index is 4.56. The zero-order valence-corrected chi connectivity index (χ0v) is 38.1. The van der Waals surface area contributed by atoms with Crippen molar-refractivity contribution in [2.75, 3.05) is 0 Å². The Hall–Kier alpha value is -7.80. The van der Waals surface area contributed by atoms with Gasteiger partial charge >= 0.3 is 0 Å². The van der Waals surface area contributed by atoms with Gasteiger partial charge in [-0.05, 0) is 177 Å². The lowest BCUT2D eigenvalue weighted by Gasteiger charge is -2.43. The van der Waals surface area contributed by atoms with Gasteiger partial charge in [-0.1, -0.05) is 207 Å². The topological polar surface area (TPSA) is 0 Å². The van der Waals surface area contributed by atoms with Crippen molar-refractivity contribution in [1.29, 1.82) is 0 Å². The van der Waals surface area contributed by atoms with Crippen LogP contribution in [0.1, 0.15) is 60.1 Å². The second kappa shape index (κ2) is 15.1. The van der Waals surface area contributed by atoms with Crippen molar-refractivity contribution in [3.63, 3.8) is 0 Å². The second-order valence-electron chi connectivity index (χ2n) is 18.8. The van der Waals surface area contributed by atoms with Gasteiger partial charge in [-0.15, -0.1) is 0 Å². The molecule has 0 fully saturated rings. The molecule has 0 bridgehead atoms. The lowest BCUT2D eigenvalue weighted by molar-refractivity contribution is 0.431. The summed E-state index contributed by atoms with van der Waals surface area (Å²) < 4.78 is 0. The second-order valence-corrected chi connectivity index (χ2v) is 18.8. The van der Waals surface area contributed by atoms with Crippen molar-refractivity contribution in [2.45, 2.75) is 32.1 Å². The van der Waals surface area contributed by atoms with E-state index in [0.29, 0.717) is 5.92 Å². The van der Waals surface area contributed by atoms with E-state index in [2.05, 4.69) is 227 Å². The third kappa shape index (κ3) is 5.30. The first-order valence-corrected chi connectivity index (χ1v) is 24.0. The predicted octanol–water partition coefficient (Wildman–Crippen LogP) is 18.0. The lowest BCUT2D eigenvalue weighted by Crippen LogP contribution is -2.36. The number of hydrogen-bond donors (Lipinski definition) is 0. The van der Waals surface area contributed by atoms with Crippen molar-refractivity contribution in [1.82, 2.24) is 0 Å². The van der Waals surface area contributed by atoms with E-state index >= 15 is 0 Å². The van der Waals surface area contributed by atoms with Crippen LogP contribution in [0.5, 0.6) is 0 Å². The molecule has 1 spiro atoms. The van der Waals surface area contributed by atoms with E-state index in [1.807, 2.05) is 6.08 Å². The molecule has 0 heterocycles. The highest BCUT2D eigenvalue weighted by Crippen LogP contribution is 2.68. The number of hydrogen-bond acceptors (Lipinski definition) is 0. The van der Waals surface area contributed by atoms with E-state index in [1.54, 1.807) is 0 Å². The summed E-state index contributed by atoms with van der Waals surface area (Å²) in [4.78, 5) is 0. The molecule has 0 nitrogen and oxygen atoms in total. The smallest absolute Gasteiger partial charge is 0.0700 e. The highest BCUT2D eigenvalue weighted by Gasteiger charge is 2.57. The van der Waals surface area contributed by atoms with Gasteiger partial charge in [-0.25, -0.2) is 0 Å². The van der Waals surface area contributed by atoms with Crippen LogP contribution in [-0.4, -0.2) is 0 Å². The van der Waals surface area contributed by atoms with Gasteiger partial charge in [0.25, 0.3) is 0 Å². The van der Waals surface area contributed by atoms with Gasteiger partial charge in [0.15, 0.2) is 0 Å². The summed E-state index contributed by atoms with van der Waals surface area (Å²) in [6, 6.07) is 60.1. The lowest BCUT2D eigenvalue weighted by atomic mass is 9.59. The van der Waals surface area contributed by atoms with Crippen LogP contribution < -0.4 is 0 Å². The number of fused-ring (bicyclic) bond motifs is 16. The Morgan fingerprint density at radius 1 is 0.537 bits per heavy atom. The Bertz CT molecular complexity index is 3710. The van der Waals surface area contributed by atoms with Crippen molar-refractivity contribution < 1.29 is 0 Å². The first-order valence-electron chi connectivity index (χ1n) is 24.0. The molecule has 9 aromatic carbocycles. The van der Waals surface area contributed by atoms with E-state index in [4.69, 9.17) is 0 Å². The molecular formula is C67H50. The maximum absolute atomic E-state index is 4.56. The average Bonchev–Trinajstić information content (AvgIpc) is 3.85. The zero-order valence-electron chi connectivity index (χ0n) is 38.1. The van der Waals surface area contributed by atoms with Crippen molar-refractivity contribution in [3.05, 3.63) is 257 Å². The SMILES string of the molecule is C=CC1=C(/C=C\C)C2CCC=CC2C2=C1c1ccc3cc(-c4c5ccccc5c(-c5cc(/C=C\C)c(C=C)c6ccccc56)c5ccccc45)ccc3c1C21c2ccccc2-c2ccccc21. The van der Waals surface area contributed by atoms with Crippen molar-refractivity contribution >= 4 is 60.8 Å². The van der Waals surface area contributed by atoms with Crippen molar-refractivity contribution in [2.24, 2.45) is 11.8 Å². The summed E-state index contributed by atoms with van der Waals surface area (Å²) >= 11 is 0.